The third-order valence-electron chi connectivity index (χ3n) is 4.81. The van der Waals surface area contributed by atoms with E-state index in [4.69, 9.17) is 5.11 Å². The molecule has 2 aliphatic rings. The van der Waals surface area contributed by atoms with Gasteiger partial charge in [0.1, 0.15) is 0 Å². The molecule has 4 heteroatoms. The Morgan fingerprint density at radius 3 is 2.45 bits per heavy atom. The summed E-state index contributed by atoms with van der Waals surface area (Å²) in [6.07, 6.45) is 12.2. The summed E-state index contributed by atoms with van der Waals surface area (Å²) in [5.41, 5.74) is 0. The first-order valence-corrected chi connectivity index (χ1v) is 8.01. The van der Waals surface area contributed by atoms with Gasteiger partial charge in [-0.1, -0.05) is 18.6 Å². The zero-order chi connectivity index (χ0) is 14.4. The van der Waals surface area contributed by atoms with Crippen molar-refractivity contribution in [1.29, 1.82) is 0 Å². The maximum absolute atomic E-state index is 10.9. The maximum Gasteiger partial charge on any atom is 0.407 e. The molecule has 1 saturated carbocycles. The number of nitrogens with zero attached hydrogens (tertiary/aromatic N) is 2. The van der Waals surface area contributed by atoms with Gasteiger partial charge in [0.25, 0.3) is 0 Å². The minimum absolute atomic E-state index is 0.222. The first-order valence-electron chi connectivity index (χ1n) is 8.01. The number of hydrogen-bond donors (Lipinski definition) is 1. The Labute approximate surface area is 122 Å². The van der Waals surface area contributed by atoms with E-state index in [1.54, 1.807) is 7.05 Å². The highest BCUT2D eigenvalue weighted by atomic mass is 16.4. The van der Waals surface area contributed by atoms with E-state index in [0.29, 0.717) is 5.92 Å². The van der Waals surface area contributed by atoms with Crippen LogP contribution in [0, 0.1) is 5.92 Å². The Hall–Kier alpha value is -1.03. The smallest absolute Gasteiger partial charge is 0.407 e. The number of piperidine rings is 1. The molecule has 0 atom stereocenters. The highest BCUT2D eigenvalue weighted by Crippen LogP contribution is 2.28. The van der Waals surface area contributed by atoms with Crippen molar-refractivity contribution >= 4 is 6.09 Å². The molecule has 4 nitrogen and oxygen atoms in total. The number of carboxylic acid groups (broad SMARTS) is 1. The third kappa shape index (κ3) is 4.51. The maximum atomic E-state index is 10.9. The normalized spacial score (nSPS) is 28.6. The van der Waals surface area contributed by atoms with Gasteiger partial charge < -0.3 is 10.0 Å². The predicted octanol–water partition coefficient (Wildman–Crippen LogP) is 3.20. The van der Waals surface area contributed by atoms with E-state index < -0.39 is 6.09 Å². The van der Waals surface area contributed by atoms with E-state index in [-0.39, 0.29) is 6.04 Å². The van der Waals surface area contributed by atoms with Gasteiger partial charge in [0.15, 0.2) is 0 Å². The Morgan fingerprint density at radius 1 is 1.20 bits per heavy atom. The van der Waals surface area contributed by atoms with Gasteiger partial charge in [0, 0.05) is 19.6 Å². The van der Waals surface area contributed by atoms with E-state index in [1.165, 1.54) is 37.3 Å². The molecule has 0 aromatic heterocycles. The van der Waals surface area contributed by atoms with E-state index in [0.717, 1.165) is 32.2 Å². The second-order valence-corrected chi connectivity index (χ2v) is 6.25. The number of likely N-dealkylation sites (tertiary alicyclic amines) is 1. The molecular formula is C16H28N2O2. The van der Waals surface area contributed by atoms with Gasteiger partial charge in [-0.15, -0.1) is 0 Å². The van der Waals surface area contributed by atoms with Crippen LogP contribution in [0.5, 0.6) is 0 Å². The van der Waals surface area contributed by atoms with Gasteiger partial charge in [0.05, 0.1) is 0 Å². The van der Waals surface area contributed by atoms with Crippen molar-refractivity contribution < 1.29 is 9.90 Å². The first kappa shape index (κ1) is 15.4. The fraction of sp³-hybridized carbons (Fsp3) is 0.812. The van der Waals surface area contributed by atoms with Crippen LogP contribution in [0.25, 0.3) is 0 Å². The van der Waals surface area contributed by atoms with Crippen LogP contribution in [0.2, 0.25) is 0 Å². The molecule has 20 heavy (non-hydrogen) atoms. The van der Waals surface area contributed by atoms with Gasteiger partial charge in [-0.3, -0.25) is 4.90 Å². The molecular weight excluding hydrogens is 252 g/mol. The zero-order valence-electron chi connectivity index (χ0n) is 12.6. The summed E-state index contributed by atoms with van der Waals surface area (Å²) in [5.74, 6) is 0.651. The van der Waals surface area contributed by atoms with Crippen LogP contribution in [-0.2, 0) is 0 Å². The lowest BCUT2D eigenvalue weighted by Crippen LogP contribution is -2.38. The van der Waals surface area contributed by atoms with Crippen molar-refractivity contribution in [2.75, 3.05) is 26.7 Å². The van der Waals surface area contributed by atoms with Crippen LogP contribution in [0.3, 0.4) is 0 Å². The van der Waals surface area contributed by atoms with Crippen LogP contribution in [0.15, 0.2) is 12.2 Å². The lowest BCUT2D eigenvalue weighted by Gasteiger charge is -2.32. The second kappa shape index (κ2) is 7.67. The van der Waals surface area contributed by atoms with E-state index in [2.05, 4.69) is 17.1 Å². The highest BCUT2D eigenvalue weighted by molar-refractivity contribution is 5.64. The third-order valence-corrected chi connectivity index (χ3v) is 4.81. The predicted molar refractivity (Wildman–Crippen MR) is 81.0 cm³/mol. The molecule has 1 aliphatic heterocycles. The van der Waals surface area contributed by atoms with Crippen molar-refractivity contribution in [2.24, 2.45) is 5.92 Å². The quantitative estimate of drug-likeness (QED) is 0.804. The molecule has 2 fully saturated rings. The molecule has 0 aromatic rings. The van der Waals surface area contributed by atoms with Crippen LogP contribution in [0.1, 0.15) is 44.9 Å². The van der Waals surface area contributed by atoms with E-state index in [1.807, 2.05) is 0 Å². The van der Waals surface area contributed by atoms with Crippen LogP contribution < -0.4 is 0 Å². The summed E-state index contributed by atoms with van der Waals surface area (Å²) >= 11 is 0. The highest BCUT2D eigenvalue weighted by Gasteiger charge is 2.25. The molecule has 0 unspecified atom stereocenters. The topological polar surface area (TPSA) is 43.8 Å². The molecule has 1 aliphatic carbocycles. The average molecular weight is 280 g/mol. The Balaban J connectivity index is 1.67. The summed E-state index contributed by atoms with van der Waals surface area (Å²) in [7, 11) is 1.69. The van der Waals surface area contributed by atoms with E-state index >= 15 is 0 Å². The molecule has 1 heterocycles. The molecule has 0 spiro atoms. The lowest BCUT2D eigenvalue weighted by molar-refractivity contribution is 0.122. The standard InChI is InChI=1S/C16H28N2O2/c1-17(16(19)20)15-9-7-14(8-10-15)6-5-13-18-11-3-2-4-12-18/h5-6,14-15H,2-4,7-13H2,1H3,(H,19,20)/b6-5+. The molecule has 0 aromatic carbocycles. The molecule has 0 bridgehead atoms. The molecule has 0 radical (unpaired) electrons. The average Bonchev–Trinajstić information content (AvgIpc) is 2.48. The number of allylic oxidation sites excluding steroid dienone is 1. The fourth-order valence-corrected chi connectivity index (χ4v) is 3.38. The molecule has 1 amide bonds. The van der Waals surface area contributed by atoms with Gasteiger partial charge in [-0.2, -0.15) is 0 Å². The number of carbonyl (C=O) groups is 1. The summed E-state index contributed by atoms with van der Waals surface area (Å²) in [6.45, 7) is 3.59. The van der Waals surface area contributed by atoms with Gasteiger partial charge in [0.2, 0.25) is 0 Å². The van der Waals surface area contributed by atoms with Crippen LogP contribution in [0.4, 0.5) is 4.79 Å². The summed E-state index contributed by atoms with van der Waals surface area (Å²) in [4.78, 5) is 14.9. The largest absolute Gasteiger partial charge is 0.465 e. The van der Waals surface area contributed by atoms with Crippen LogP contribution in [-0.4, -0.2) is 53.7 Å². The number of rotatable bonds is 4. The summed E-state index contributed by atoms with van der Waals surface area (Å²) in [5, 5.41) is 8.99. The SMILES string of the molecule is CN(C(=O)O)C1CCC(/C=C/CN2CCCCC2)CC1. The van der Waals surface area contributed by atoms with Crippen LogP contribution >= 0.6 is 0 Å². The minimum atomic E-state index is -0.797. The van der Waals surface area contributed by atoms with E-state index in [9.17, 15) is 4.79 Å². The molecule has 1 N–H and O–H groups in total. The second-order valence-electron chi connectivity index (χ2n) is 6.25. The zero-order valence-corrected chi connectivity index (χ0v) is 12.6. The van der Waals surface area contributed by atoms with Gasteiger partial charge in [-0.05, 0) is 57.5 Å². The fourth-order valence-electron chi connectivity index (χ4n) is 3.38. The molecule has 2 rings (SSSR count). The molecule has 1 saturated heterocycles. The van der Waals surface area contributed by atoms with Crippen molar-refractivity contribution in [3.63, 3.8) is 0 Å². The van der Waals surface area contributed by atoms with Gasteiger partial charge >= 0.3 is 6.09 Å². The Morgan fingerprint density at radius 2 is 1.85 bits per heavy atom. The Bertz CT molecular complexity index is 329. The number of amides is 1. The van der Waals surface area contributed by atoms with Crippen molar-refractivity contribution in [3.8, 4) is 0 Å². The first-order chi connectivity index (χ1) is 9.66. The molecule has 114 valence electrons. The minimum Gasteiger partial charge on any atom is -0.465 e. The van der Waals surface area contributed by atoms with Crippen molar-refractivity contribution in [1.82, 2.24) is 9.80 Å². The monoisotopic (exact) mass is 280 g/mol. The van der Waals surface area contributed by atoms with Gasteiger partial charge in [-0.25, -0.2) is 4.79 Å². The lowest BCUT2D eigenvalue weighted by atomic mass is 9.85. The summed E-state index contributed by atoms with van der Waals surface area (Å²) < 4.78 is 0. The Kier molecular flexibility index (Phi) is 5.89. The number of hydrogen-bond acceptors (Lipinski definition) is 2. The van der Waals surface area contributed by atoms with Crippen molar-refractivity contribution in [3.05, 3.63) is 12.2 Å². The van der Waals surface area contributed by atoms with Crippen molar-refractivity contribution in [2.45, 2.75) is 51.0 Å². The summed E-state index contributed by atoms with van der Waals surface area (Å²) in [6, 6.07) is 0.222.